The summed E-state index contributed by atoms with van der Waals surface area (Å²) in [7, 11) is 0. The minimum absolute atomic E-state index is 0.101. The molecule has 0 heterocycles. The van der Waals surface area contributed by atoms with Crippen LogP contribution in [-0.2, 0) is 0 Å². The normalized spacial score (nSPS) is 13.0. The van der Waals surface area contributed by atoms with Gasteiger partial charge >= 0.3 is 6.61 Å². The Morgan fingerprint density at radius 3 is 2.43 bits per heavy atom. The van der Waals surface area contributed by atoms with Crippen LogP contribution < -0.4 is 10.5 Å². The fourth-order valence-corrected chi connectivity index (χ4v) is 1.34. The Morgan fingerprint density at radius 2 is 2.00 bits per heavy atom. The summed E-state index contributed by atoms with van der Waals surface area (Å²) in [5.74, 6) is 0.168. The van der Waals surface area contributed by atoms with Crippen molar-refractivity contribution in [3.05, 3.63) is 29.3 Å². The third-order valence-corrected chi connectivity index (χ3v) is 1.96. The number of nitrogens with two attached hydrogens (primary N) is 1. The zero-order valence-electron chi connectivity index (χ0n) is 8.13. The van der Waals surface area contributed by atoms with Gasteiger partial charge in [0.1, 0.15) is 5.75 Å². The molecule has 1 aromatic carbocycles. The minimum Gasteiger partial charge on any atom is -0.435 e. The lowest BCUT2D eigenvalue weighted by atomic mass is 10.0. The van der Waals surface area contributed by atoms with E-state index >= 15 is 0 Å². The zero-order chi connectivity index (χ0) is 10.7. The van der Waals surface area contributed by atoms with Gasteiger partial charge in [0, 0.05) is 6.04 Å². The van der Waals surface area contributed by atoms with Gasteiger partial charge in [-0.3, -0.25) is 0 Å². The summed E-state index contributed by atoms with van der Waals surface area (Å²) < 4.78 is 28.0. The fraction of sp³-hybridized carbons (Fsp3) is 0.400. The molecule has 0 aromatic heterocycles. The first-order chi connectivity index (χ1) is 6.50. The number of aryl methyl sites for hydroxylation is 1. The fourth-order valence-electron chi connectivity index (χ4n) is 1.34. The van der Waals surface area contributed by atoms with Gasteiger partial charge in [-0.15, -0.1) is 0 Å². The van der Waals surface area contributed by atoms with E-state index in [1.807, 2.05) is 13.8 Å². The lowest BCUT2D eigenvalue weighted by molar-refractivity contribution is -0.0498. The number of hydrogen-bond donors (Lipinski definition) is 1. The molecule has 1 atom stereocenters. The van der Waals surface area contributed by atoms with E-state index in [9.17, 15) is 8.78 Å². The van der Waals surface area contributed by atoms with Crippen LogP contribution >= 0.6 is 0 Å². The summed E-state index contributed by atoms with van der Waals surface area (Å²) in [6.45, 7) is 0.878. The van der Waals surface area contributed by atoms with Crippen molar-refractivity contribution in [2.24, 2.45) is 5.73 Å². The van der Waals surface area contributed by atoms with Crippen molar-refractivity contribution < 1.29 is 13.5 Å². The number of halogens is 2. The predicted octanol–water partition coefficient (Wildman–Crippen LogP) is 2.62. The standard InChI is InChI=1S/C10H13F2NO/c1-6-5-8(14-10(11)12)3-4-9(6)7(2)13/h3-5,7,10H,13H2,1-2H3. The summed E-state index contributed by atoms with van der Waals surface area (Å²) in [5.41, 5.74) is 7.47. The Morgan fingerprint density at radius 1 is 1.36 bits per heavy atom. The maximum atomic E-state index is 11.9. The van der Waals surface area contributed by atoms with E-state index in [2.05, 4.69) is 4.74 Å². The second-order valence-electron chi connectivity index (χ2n) is 3.19. The first-order valence-corrected chi connectivity index (χ1v) is 4.31. The highest BCUT2D eigenvalue weighted by Gasteiger charge is 2.07. The largest absolute Gasteiger partial charge is 0.435 e. The Labute approximate surface area is 81.7 Å². The Kier molecular flexibility index (Phi) is 3.41. The van der Waals surface area contributed by atoms with Gasteiger partial charge in [0.25, 0.3) is 0 Å². The molecule has 1 rings (SSSR count). The average molecular weight is 201 g/mol. The third kappa shape index (κ3) is 2.67. The topological polar surface area (TPSA) is 35.2 Å². The number of alkyl halides is 2. The van der Waals surface area contributed by atoms with Gasteiger partial charge in [-0.2, -0.15) is 8.78 Å². The lowest BCUT2D eigenvalue weighted by Gasteiger charge is -2.11. The molecular formula is C10H13F2NO. The smallest absolute Gasteiger partial charge is 0.387 e. The second kappa shape index (κ2) is 4.37. The van der Waals surface area contributed by atoms with Crippen LogP contribution in [0.3, 0.4) is 0 Å². The van der Waals surface area contributed by atoms with Crippen LogP contribution in [0.15, 0.2) is 18.2 Å². The van der Waals surface area contributed by atoms with Gasteiger partial charge in [0.05, 0.1) is 0 Å². The van der Waals surface area contributed by atoms with Crippen molar-refractivity contribution in [2.75, 3.05) is 0 Å². The predicted molar refractivity (Wildman–Crippen MR) is 50.4 cm³/mol. The van der Waals surface area contributed by atoms with E-state index in [1.165, 1.54) is 6.07 Å². The van der Waals surface area contributed by atoms with Gasteiger partial charge in [-0.25, -0.2) is 0 Å². The van der Waals surface area contributed by atoms with Crippen molar-refractivity contribution >= 4 is 0 Å². The van der Waals surface area contributed by atoms with Crippen molar-refractivity contribution in [1.82, 2.24) is 0 Å². The molecule has 0 bridgehead atoms. The van der Waals surface area contributed by atoms with E-state index in [4.69, 9.17) is 5.73 Å². The molecule has 0 amide bonds. The first kappa shape index (κ1) is 10.9. The molecule has 0 aliphatic heterocycles. The summed E-state index contributed by atoms with van der Waals surface area (Å²) in [5, 5.41) is 0. The molecular weight excluding hydrogens is 188 g/mol. The highest BCUT2D eigenvalue weighted by Crippen LogP contribution is 2.22. The Hall–Kier alpha value is -1.16. The number of benzene rings is 1. The van der Waals surface area contributed by atoms with Gasteiger partial charge in [-0.05, 0) is 37.1 Å². The number of ether oxygens (including phenoxy) is 1. The molecule has 1 unspecified atom stereocenters. The van der Waals surface area contributed by atoms with Crippen LogP contribution in [0.1, 0.15) is 24.1 Å². The molecule has 0 saturated heterocycles. The van der Waals surface area contributed by atoms with Gasteiger partial charge < -0.3 is 10.5 Å². The van der Waals surface area contributed by atoms with Crippen molar-refractivity contribution in [3.63, 3.8) is 0 Å². The molecule has 0 aliphatic rings. The van der Waals surface area contributed by atoms with Crippen molar-refractivity contribution in [1.29, 1.82) is 0 Å². The quantitative estimate of drug-likeness (QED) is 0.815. The maximum absolute atomic E-state index is 11.9. The monoisotopic (exact) mass is 201 g/mol. The van der Waals surface area contributed by atoms with Crippen LogP contribution in [0.25, 0.3) is 0 Å². The van der Waals surface area contributed by atoms with Crippen molar-refractivity contribution in [3.8, 4) is 5.75 Å². The third-order valence-electron chi connectivity index (χ3n) is 1.96. The molecule has 2 nitrogen and oxygen atoms in total. The van der Waals surface area contributed by atoms with Crippen LogP contribution in [0.5, 0.6) is 5.75 Å². The van der Waals surface area contributed by atoms with Crippen LogP contribution in [-0.4, -0.2) is 6.61 Å². The summed E-state index contributed by atoms with van der Waals surface area (Å²) in [6, 6.07) is 4.66. The molecule has 0 aliphatic carbocycles. The van der Waals surface area contributed by atoms with Crippen LogP contribution in [0, 0.1) is 6.92 Å². The van der Waals surface area contributed by atoms with E-state index in [0.29, 0.717) is 0 Å². The summed E-state index contributed by atoms with van der Waals surface area (Å²) >= 11 is 0. The first-order valence-electron chi connectivity index (χ1n) is 4.31. The average Bonchev–Trinajstić information content (AvgIpc) is 2.01. The van der Waals surface area contributed by atoms with E-state index in [1.54, 1.807) is 12.1 Å². The van der Waals surface area contributed by atoms with Crippen LogP contribution in [0.2, 0.25) is 0 Å². The lowest BCUT2D eigenvalue weighted by Crippen LogP contribution is -2.08. The van der Waals surface area contributed by atoms with E-state index < -0.39 is 6.61 Å². The highest BCUT2D eigenvalue weighted by atomic mass is 19.3. The van der Waals surface area contributed by atoms with Gasteiger partial charge in [0.15, 0.2) is 0 Å². The summed E-state index contributed by atoms with van der Waals surface area (Å²) in [6.07, 6.45) is 0. The SMILES string of the molecule is Cc1cc(OC(F)F)ccc1C(C)N. The van der Waals surface area contributed by atoms with Crippen molar-refractivity contribution in [2.45, 2.75) is 26.5 Å². The molecule has 4 heteroatoms. The molecule has 2 N–H and O–H groups in total. The molecule has 1 aromatic rings. The molecule has 0 fully saturated rings. The molecule has 0 saturated carbocycles. The zero-order valence-corrected chi connectivity index (χ0v) is 8.13. The second-order valence-corrected chi connectivity index (χ2v) is 3.19. The van der Waals surface area contributed by atoms with E-state index in [-0.39, 0.29) is 11.8 Å². The summed E-state index contributed by atoms with van der Waals surface area (Å²) in [4.78, 5) is 0. The number of rotatable bonds is 3. The van der Waals surface area contributed by atoms with Crippen LogP contribution in [0.4, 0.5) is 8.78 Å². The Bertz CT molecular complexity index is 313. The molecule has 14 heavy (non-hydrogen) atoms. The Balaban J connectivity index is 2.89. The van der Waals surface area contributed by atoms with E-state index in [0.717, 1.165) is 11.1 Å². The number of hydrogen-bond acceptors (Lipinski definition) is 2. The minimum atomic E-state index is -2.78. The van der Waals surface area contributed by atoms with Gasteiger partial charge in [0.2, 0.25) is 0 Å². The van der Waals surface area contributed by atoms with Gasteiger partial charge in [-0.1, -0.05) is 6.07 Å². The maximum Gasteiger partial charge on any atom is 0.387 e. The highest BCUT2D eigenvalue weighted by molar-refractivity contribution is 5.36. The molecule has 0 spiro atoms. The molecule has 78 valence electrons. The molecule has 0 radical (unpaired) electrons.